The summed E-state index contributed by atoms with van der Waals surface area (Å²) in [6.07, 6.45) is 8.37. The van der Waals surface area contributed by atoms with Crippen molar-refractivity contribution in [2.24, 2.45) is 0 Å². The van der Waals surface area contributed by atoms with Crippen molar-refractivity contribution in [1.82, 2.24) is 5.32 Å². The predicted octanol–water partition coefficient (Wildman–Crippen LogP) is 3.21. The second-order valence-corrected chi connectivity index (χ2v) is 8.54. The van der Waals surface area contributed by atoms with Gasteiger partial charge in [-0.2, -0.15) is 0 Å². The lowest BCUT2D eigenvalue weighted by molar-refractivity contribution is 0.323. The quantitative estimate of drug-likeness (QED) is 0.925. The van der Waals surface area contributed by atoms with Crippen LogP contribution in [-0.4, -0.2) is 27.3 Å². The molecular formula is C18H27NOS. The van der Waals surface area contributed by atoms with E-state index in [1.807, 2.05) is 6.92 Å². The third-order valence-corrected chi connectivity index (χ3v) is 6.84. The van der Waals surface area contributed by atoms with Gasteiger partial charge in [0.05, 0.1) is 0 Å². The third kappa shape index (κ3) is 3.75. The number of fused-ring (bicyclic) bond motifs is 1. The summed E-state index contributed by atoms with van der Waals surface area (Å²) in [5.41, 5.74) is 3.05. The number of hydrogen-bond donors (Lipinski definition) is 1. The maximum absolute atomic E-state index is 12.1. The smallest absolute Gasteiger partial charge is 0.0362 e. The molecule has 2 aliphatic carbocycles. The average molecular weight is 305 g/mol. The first-order valence-corrected chi connectivity index (χ1v) is 9.84. The molecule has 0 aromatic heterocycles. The van der Waals surface area contributed by atoms with Gasteiger partial charge in [-0.05, 0) is 49.7 Å². The molecule has 1 aromatic rings. The molecule has 0 radical (unpaired) electrons. The van der Waals surface area contributed by atoms with Crippen LogP contribution in [0.25, 0.3) is 0 Å². The summed E-state index contributed by atoms with van der Waals surface area (Å²) in [5, 5.41) is 4.30. The van der Waals surface area contributed by atoms with E-state index in [0.717, 1.165) is 25.0 Å². The van der Waals surface area contributed by atoms with Gasteiger partial charge in [0.1, 0.15) is 0 Å². The molecular weight excluding hydrogens is 278 g/mol. The van der Waals surface area contributed by atoms with E-state index in [1.165, 1.54) is 36.8 Å². The van der Waals surface area contributed by atoms with Gasteiger partial charge in [0.15, 0.2) is 0 Å². The Balaban J connectivity index is 1.56. The van der Waals surface area contributed by atoms with Crippen molar-refractivity contribution < 1.29 is 4.21 Å². The van der Waals surface area contributed by atoms with Crippen molar-refractivity contribution in [3.05, 3.63) is 35.4 Å². The Morgan fingerprint density at radius 3 is 2.76 bits per heavy atom. The van der Waals surface area contributed by atoms with Crippen molar-refractivity contribution in [3.63, 3.8) is 0 Å². The molecule has 116 valence electrons. The van der Waals surface area contributed by atoms with Gasteiger partial charge in [-0.15, -0.1) is 0 Å². The highest BCUT2D eigenvalue weighted by molar-refractivity contribution is 7.85. The highest BCUT2D eigenvalue weighted by atomic mass is 32.2. The van der Waals surface area contributed by atoms with Gasteiger partial charge in [-0.25, -0.2) is 0 Å². The lowest BCUT2D eigenvalue weighted by Gasteiger charge is -2.34. The van der Waals surface area contributed by atoms with Crippen molar-refractivity contribution in [2.75, 3.05) is 5.75 Å². The van der Waals surface area contributed by atoms with Crippen LogP contribution in [0.5, 0.6) is 0 Å². The van der Waals surface area contributed by atoms with Crippen LogP contribution in [0.3, 0.4) is 0 Å². The molecule has 0 aliphatic heterocycles. The molecule has 0 bridgehead atoms. The standard InChI is InChI=1S/C18H27NOS/c1-2-21(20)18-9-5-8-16(13-18)19-17-11-10-14-6-3-4-7-15(14)12-17/h3-4,6-7,16-19H,2,5,8-13H2,1H3/t16-,17-,18+,21-/m0/s1. The van der Waals surface area contributed by atoms with Crippen LogP contribution in [0, 0.1) is 0 Å². The zero-order valence-electron chi connectivity index (χ0n) is 13.0. The molecule has 0 heterocycles. The molecule has 3 heteroatoms. The Morgan fingerprint density at radius 2 is 1.95 bits per heavy atom. The average Bonchev–Trinajstić information content (AvgIpc) is 2.54. The molecule has 1 saturated carbocycles. The van der Waals surface area contributed by atoms with Crippen LogP contribution in [0.4, 0.5) is 0 Å². The zero-order chi connectivity index (χ0) is 14.7. The molecule has 2 nitrogen and oxygen atoms in total. The van der Waals surface area contributed by atoms with Crippen LogP contribution < -0.4 is 5.32 Å². The van der Waals surface area contributed by atoms with E-state index in [4.69, 9.17) is 0 Å². The molecule has 4 atom stereocenters. The summed E-state index contributed by atoms with van der Waals surface area (Å²) in [5.74, 6) is 0.814. The topological polar surface area (TPSA) is 29.1 Å². The first-order valence-electron chi connectivity index (χ1n) is 8.46. The van der Waals surface area contributed by atoms with E-state index in [9.17, 15) is 4.21 Å². The van der Waals surface area contributed by atoms with E-state index in [-0.39, 0.29) is 0 Å². The van der Waals surface area contributed by atoms with Gasteiger partial charge in [-0.3, -0.25) is 4.21 Å². The Hall–Kier alpha value is -0.670. The number of rotatable bonds is 4. The van der Waals surface area contributed by atoms with E-state index in [1.54, 1.807) is 0 Å². The molecule has 1 fully saturated rings. The Kier molecular flexibility index (Phi) is 5.12. The van der Waals surface area contributed by atoms with Gasteiger partial charge in [-0.1, -0.05) is 37.6 Å². The lowest BCUT2D eigenvalue weighted by Crippen LogP contribution is -2.45. The number of benzene rings is 1. The first kappa shape index (κ1) is 15.2. The van der Waals surface area contributed by atoms with Gasteiger partial charge in [0, 0.05) is 33.9 Å². The summed E-state index contributed by atoms with van der Waals surface area (Å²) >= 11 is 0. The van der Waals surface area contributed by atoms with Crippen molar-refractivity contribution >= 4 is 10.8 Å². The summed E-state index contributed by atoms with van der Waals surface area (Å²) < 4.78 is 12.1. The SMILES string of the molecule is CC[S@](=O)[C@@H]1CCC[C@H](N[C@H]2CCc3ccccc3C2)C1. The molecule has 21 heavy (non-hydrogen) atoms. The number of hydrogen-bond acceptors (Lipinski definition) is 2. The molecule has 0 saturated heterocycles. The first-order chi connectivity index (χ1) is 10.3. The van der Waals surface area contributed by atoms with E-state index >= 15 is 0 Å². The Morgan fingerprint density at radius 1 is 1.14 bits per heavy atom. The zero-order valence-corrected chi connectivity index (χ0v) is 13.8. The van der Waals surface area contributed by atoms with E-state index in [2.05, 4.69) is 29.6 Å². The Bertz CT molecular complexity index is 502. The van der Waals surface area contributed by atoms with Crippen molar-refractivity contribution in [1.29, 1.82) is 0 Å². The molecule has 1 aromatic carbocycles. The number of nitrogens with one attached hydrogen (secondary N) is 1. The third-order valence-electron chi connectivity index (χ3n) is 5.10. The van der Waals surface area contributed by atoms with Crippen LogP contribution in [0.15, 0.2) is 24.3 Å². The maximum Gasteiger partial charge on any atom is 0.0362 e. The second-order valence-electron chi connectivity index (χ2n) is 6.53. The highest BCUT2D eigenvalue weighted by Gasteiger charge is 2.28. The minimum atomic E-state index is -0.617. The number of aryl methyl sites for hydroxylation is 1. The second kappa shape index (κ2) is 7.06. The fraction of sp³-hybridized carbons (Fsp3) is 0.667. The van der Waals surface area contributed by atoms with Crippen LogP contribution >= 0.6 is 0 Å². The lowest BCUT2D eigenvalue weighted by atomic mass is 9.86. The Labute approximate surface area is 131 Å². The molecule has 2 aliphatic rings. The monoisotopic (exact) mass is 305 g/mol. The van der Waals surface area contributed by atoms with Crippen molar-refractivity contribution in [2.45, 2.75) is 69.2 Å². The molecule has 3 rings (SSSR count). The molecule has 1 N–H and O–H groups in total. The molecule has 0 spiro atoms. The maximum atomic E-state index is 12.1. The van der Waals surface area contributed by atoms with Gasteiger partial charge < -0.3 is 5.32 Å². The van der Waals surface area contributed by atoms with Gasteiger partial charge in [0.2, 0.25) is 0 Å². The minimum absolute atomic E-state index is 0.428. The van der Waals surface area contributed by atoms with E-state index in [0.29, 0.717) is 17.3 Å². The normalized spacial score (nSPS) is 30.6. The minimum Gasteiger partial charge on any atom is -0.311 e. The fourth-order valence-electron chi connectivity index (χ4n) is 3.94. The van der Waals surface area contributed by atoms with Gasteiger partial charge in [0.25, 0.3) is 0 Å². The summed E-state index contributed by atoms with van der Waals surface area (Å²) in [4.78, 5) is 0. The summed E-state index contributed by atoms with van der Waals surface area (Å²) in [6, 6.07) is 10.0. The van der Waals surface area contributed by atoms with E-state index < -0.39 is 10.8 Å². The predicted molar refractivity (Wildman–Crippen MR) is 90.1 cm³/mol. The van der Waals surface area contributed by atoms with Crippen LogP contribution in [0.1, 0.15) is 50.2 Å². The van der Waals surface area contributed by atoms with Gasteiger partial charge >= 0.3 is 0 Å². The summed E-state index contributed by atoms with van der Waals surface area (Å²) in [7, 11) is -0.617. The van der Waals surface area contributed by atoms with Crippen LogP contribution in [0.2, 0.25) is 0 Å². The fourth-order valence-corrected chi connectivity index (χ4v) is 5.29. The largest absolute Gasteiger partial charge is 0.311 e. The van der Waals surface area contributed by atoms with Crippen LogP contribution in [-0.2, 0) is 23.6 Å². The summed E-state index contributed by atoms with van der Waals surface area (Å²) in [6.45, 7) is 2.05. The highest BCUT2D eigenvalue weighted by Crippen LogP contribution is 2.26. The van der Waals surface area contributed by atoms with Crippen molar-refractivity contribution in [3.8, 4) is 0 Å². The molecule has 0 amide bonds. The molecule has 0 unspecified atom stereocenters.